The van der Waals surface area contributed by atoms with Crippen LogP contribution in [-0.2, 0) is 6.54 Å². The summed E-state index contributed by atoms with van der Waals surface area (Å²) >= 11 is 0. The van der Waals surface area contributed by atoms with Crippen molar-refractivity contribution in [3.63, 3.8) is 0 Å². The monoisotopic (exact) mass is 313 g/mol. The first-order valence-corrected chi connectivity index (χ1v) is 8.90. The van der Waals surface area contributed by atoms with E-state index < -0.39 is 0 Å². The Kier molecular flexibility index (Phi) is 5.90. The second kappa shape index (κ2) is 8.33. The maximum atomic E-state index is 8.56. The summed E-state index contributed by atoms with van der Waals surface area (Å²) in [6, 6.07) is 11.3. The number of piperidine rings is 1. The van der Waals surface area contributed by atoms with Gasteiger partial charge in [0.25, 0.3) is 0 Å². The lowest BCUT2D eigenvalue weighted by Gasteiger charge is -2.44. The lowest BCUT2D eigenvalue weighted by molar-refractivity contribution is 0.0456. The number of benzene rings is 1. The summed E-state index contributed by atoms with van der Waals surface area (Å²) in [6.07, 6.45) is 5.48. The van der Waals surface area contributed by atoms with Gasteiger partial charge in [0.15, 0.2) is 0 Å². The van der Waals surface area contributed by atoms with E-state index in [9.17, 15) is 0 Å². The van der Waals surface area contributed by atoms with Gasteiger partial charge < -0.3 is 4.74 Å². The molecule has 0 amide bonds. The van der Waals surface area contributed by atoms with Gasteiger partial charge in [-0.15, -0.1) is 0 Å². The van der Waals surface area contributed by atoms with Gasteiger partial charge >= 0.3 is 0 Å². The average Bonchev–Trinajstić information content (AvgIpc) is 2.59. The molecule has 0 aliphatic carbocycles. The van der Waals surface area contributed by atoms with Crippen LogP contribution in [0.3, 0.4) is 0 Å². The summed E-state index contributed by atoms with van der Waals surface area (Å²) in [6.45, 7) is 6.52. The molecule has 0 radical (unpaired) electrons. The Balaban J connectivity index is 1.50. The Bertz CT molecular complexity index is 540. The zero-order valence-corrected chi connectivity index (χ0v) is 13.9. The van der Waals surface area contributed by atoms with E-state index in [0.717, 1.165) is 24.8 Å². The molecule has 0 saturated carbocycles. The first kappa shape index (κ1) is 16.3. The van der Waals surface area contributed by atoms with Gasteiger partial charge in [-0.2, -0.15) is 5.26 Å². The predicted octanol–water partition coefficient (Wildman–Crippen LogP) is 3.04. The molecule has 0 N–H and O–H groups in total. The molecule has 2 heterocycles. The van der Waals surface area contributed by atoms with Crippen LogP contribution < -0.4 is 4.74 Å². The number of nitriles is 1. The summed E-state index contributed by atoms with van der Waals surface area (Å²) in [7, 11) is 0. The Morgan fingerprint density at radius 2 is 2.17 bits per heavy atom. The lowest BCUT2D eigenvalue weighted by Crippen LogP contribution is -2.54. The van der Waals surface area contributed by atoms with Crippen molar-refractivity contribution in [3.05, 3.63) is 29.8 Å². The van der Waals surface area contributed by atoms with Crippen molar-refractivity contribution in [2.75, 3.05) is 32.8 Å². The van der Waals surface area contributed by atoms with Gasteiger partial charge in [-0.25, -0.2) is 0 Å². The summed E-state index contributed by atoms with van der Waals surface area (Å²) in [5.41, 5.74) is 1.33. The largest absolute Gasteiger partial charge is 0.494 e. The molecular weight excluding hydrogens is 286 g/mol. The fourth-order valence-corrected chi connectivity index (χ4v) is 3.70. The summed E-state index contributed by atoms with van der Waals surface area (Å²) in [5.74, 6) is 0.928. The van der Waals surface area contributed by atoms with Crippen molar-refractivity contribution >= 4 is 0 Å². The fraction of sp³-hybridized carbons (Fsp3) is 0.632. The highest BCUT2D eigenvalue weighted by Gasteiger charge is 2.28. The minimum atomic E-state index is 0.561. The molecule has 1 aromatic rings. The van der Waals surface area contributed by atoms with Gasteiger partial charge in [0.05, 0.1) is 12.7 Å². The van der Waals surface area contributed by atoms with Gasteiger partial charge in [-0.05, 0) is 43.5 Å². The van der Waals surface area contributed by atoms with Crippen molar-refractivity contribution in [1.29, 1.82) is 5.26 Å². The van der Waals surface area contributed by atoms with E-state index in [1.54, 1.807) is 0 Å². The number of fused-ring (bicyclic) bond motifs is 1. The molecule has 3 rings (SSSR count). The normalized spacial score (nSPS) is 22.3. The minimum Gasteiger partial charge on any atom is -0.494 e. The van der Waals surface area contributed by atoms with Crippen LogP contribution in [0.4, 0.5) is 0 Å². The average molecular weight is 313 g/mol. The standard InChI is InChI=1S/C19H27N3O/c20-9-2-4-13-23-19-8-5-6-17(14-19)15-21-11-12-22-10-3-1-7-18(22)16-21/h5-6,8,14,18H,1-4,7,10-13,15-16H2/t18-/m1/s1. The molecule has 4 heteroatoms. The second-order valence-electron chi connectivity index (χ2n) is 6.68. The van der Waals surface area contributed by atoms with Crippen molar-refractivity contribution in [3.8, 4) is 11.8 Å². The highest BCUT2D eigenvalue weighted by molar-refractivity contribution is 5.28. The maximum Gasteiger partial charge on any atom is 0.119 e. The first-order valence-electron chi connectivity index (χ1n) is 8.90. The third-order valence-electron chi connectivity index (χ3n) is 4.93. The Hall–Kier alpha value is -1.57. The van der Waals surface area contributed by atoms with Crippen LogP contribution in [0.5, 0.6) is 5.75 Å². The number of rotatable bonds is 6. The smallest absolute Gasteiger partial charge is 0.119 e. The number of ether oxygens (including phenoxy) is 1. The molecule has 4 nitrogen and oxygen atoms in total. The molecule has 1 atom stereocenters. The SMILES string of the molecule is N#CCCCOc1cccc(CN2CCN3CCCC[C@@H]3C2)c1. The first-order chi connectivity index (χ1) is 11.3. The summed E-state index contributed by atoms with van der Waals surface area (Å²) in [5, 5.41) is 8.56. The van der Waals surface area contributed by atoms with Crippen LogP contribution in [0.25, 0.3) is 0 Å². The van der Waals surface area contributed by atoms with Crippen molar-refractivity contribution in [1.82, 2.24) is 9.80 Å². The van der Waals surface area contributed by atoms with Gasteiger partial charge in [0, 0.05) is 38.6 Å². The van der Waals surface area contributed by atoms with Crippen molar-refractivity contribution in [2.45, 2.75) is 44.7 Å². The van der Waals surface area contributed by atoms with Crippen molar-refractivity contribution < 1.29 is 4.74 Å². The number of hydrogen-bond acceptors (Lipinski definition) is 4. The van der Waals surface area contributed by atoms with Gasteiger partial charge in [0.1, 0.15) is 5.75 Å². The summed E-state index contributed by atoms with van der Waals surface area (Å²) in [4.78, 5) is 5.26. The van der Waals surface area contributed by atoms with E-state index in [1.165, 1.54) is 51.0 Å². The van der Waals surface area contributed by atoms with Crippen LogP contribution in [0.2, 0.25) is 0 Å². The molecular formula is C19H27N3O. The van der Waals surface area contributed by atoms with Crippen LogP contribution in [0.1, 0.15) is 37.7 Å². The summed E-state index contributed by atoms with van der Waals surface area (Å²) < 4.78 is 5.75. The van der Waals surface area contributed by atoms with Gasteiger partial charge in [-0.1, -0.05) is 18.6 Å². The number of nitrogens with zero attached hydrogens (tertiary/aromatic N) is 3. The van der Waals surface area contributed by atoms with E-state index in [1.807, 2.05) is 6.07 Å². The van der Waals surface area contributed by atoms with Crippen LogP contribution in [-0.4, -0.2) is 48.6 Å². The van der Waals surface area contributed by atoms with E-state index in [2.05, 4.69) is 34.1 Å². The maximum absolute atomic E-state index is 8.56. The van der Waals surface area contributed by atoms with Crippen LogP contribution >= 0.6 is 0 Å². The number of piperazine rings is 1. The molecule has 124 valence electrons. The zero-order chi connectivity index (χ0) is 15.9. The molecule has 1 aromatic carbocycles. The highest BCUT2D eigenvalue weighted by atomic mass is 16.5. The van der Waals surface area contributed by atoms with E-state index in [4.69, 9.17) is 10.00 Å². The Labute approximate surface area is 139 Å². The highest BCUT2D eigenvalue weighted by Crippen LogP contribution is 2.23. The topological polar surface area (TPSA) is 39.5 Å². The van der Waals surface area contributed by atoms with E-state index >= 15 is 0 Å². The molecule has 2 aliphatic rings. The van der Waals surface area contributed by atoms with Gasteiger partial charge in [0.2, 0.25) is 0 Å². The molecule has 0 aromatic heterocycles. The van der Waals surface area contributed by atoms with E-state index in [0.29, 0.717) is 13.0 Å². The predicted molar refractivity (Wildman–Crippen MR) is 91.3 cm³/mol. The lowest BCUT2D eigenvalue weighted by atomic mass is 9.99. The Morgan fingerprint density at radius 3 is 3.09 bits per heavy atom. The number of unbranched alkanes of at least 4 members (excludes halogenated alkanes) is 1. The molecule has 2 saturated heterocycles. The van der Waals surface area contributed by atoms with Crippen LogP contribution in [0, 0.1) is 11.3 Å². The quantitative estimate of drug-likeness (QED) is 0.757. The number of hydrogen-bond donors (Lipinski definition) is 0. The second-order valence-corrected chi connectivity index (χ2v) is 6.68. The van der Waals surface area contributed by atoms with Crippen LogP contribution in [0.15, 0.2) is 24.3 Å². The molecule has 0 unspecified atom stereocenters. The Morgan fingerprint density at radius 1 is 1.22 bits per heavy atom. The van der Waals surface area contributed by atoms with Crippen molar-refractivity contribution in [2.24, 2.45) is 0 Å². The molecule has 23 heavy (non-hydrogen) atoms. The van der Waals surface area contributed by atoms with E-state index in [-0.39, 0.29) is 0 Å². The third kappa shape index (κ3) is 4.70. The minimum absolute atomic E-state index is 0.561. The third-order valence-corrected chi connectivity index (χ3v) is 4.93. The molecule has 2 fully saturated rings. The zero-order valence-electron chi connectivity index (χ0n) is 13.9. The van der Waals surface area contributed by atoms with Gasteiger partial charge in [-0.3, -0.25) is 9.80 Å². The molecule has 0 spiro atoms. The molecule has 2 aliphatic heterocycles. The fourth-order valence-electron chi connectivity index (χ4n) is 3.70. The molecule has 0 bridgehead atoms.